The SMILES string of the molecule is CCc1ccc(C=NNC(=O)c2ccc(C(=O)NN=Cc3ccc(CC)cc3)o2)cc1. The molecular weight excluding hydrogens is 392 g/mol. The van der Waals surface area contributed by atoms with E-state index >= 15 is 0 Å². The van der Waals surface area contributed by atoms with E-state index in [0.29, 0.717) is 0 Å². The highest BCUT2D eigenvalue weighted by molar-refractivity contribution is 5.96. The molecule has 7 heteroatoms. The first-order valence-electron chi connectivity index (χ1n) is 10.0. The van der Waals surface area contributed by atoms with Crippen LogP contribution < -0.4 is 10.9 Å². The van der Waals surface area contributed by atoms with Crippen molar-refractivity contribution in [2.75, 3.05) is 0 Å². The van der Waals surface area contributed by atoms with E-state index in [4.69, 9.17) is 4.42 Å². The standard InChI is InChI=1S/C24H24N4O3/c1-3-17-5-9-19(10-6-17)15-25-27-23(29)21-13-14-22(31-21)24(30)28-26-16-20-11-7-18(4-2)8-12-20/h5-16H,3-4H2,1-2H3,(H,27,29)(H,28,30). The van der Waals surface area contributed by atoms with E-state index in [1.165, 1.54) is 35.7 Å². The predicted octanol–water partition coefficient (Wildman–Crippen LogP) is 3.93. The molecule has 0 bridgehead atoms. The van der Waals surface area contributed by atoms with Gasteiger partial charge in [0.1, 0.15) is 0 Å². The molecule has 0 saturated heterocycles. The van der Waals surface area contributed by atoms with Crippen LogP contribution in [0.25, 0.3) is 0 Å². The highest BCUT2D eigenvalue weighted by Crippen LogP contribution is 2.08. The first-order chi connectivity index (χ1) is 15.1. The number of benzene rings is 2. The number of aryl methyl sites for hydroxylation is 2. The van der Waals surface area contributed by atoms with Gasteiger partial charge < -0.3 is 4.42 Å². The van der Waals surface area contributed by atoms with Crippen molar-refractivity contribution in [2.45, 2.75) is 26.7 Å². The molecule has 0 aliphatic rings. The third-order valence-electron chi connectivity index (χ3n) is 4.59. The van der Waals surface area contributed by atoms with E-state index in [2.05, 4.69) is 34.9 Å². The minimum atomic E-state index is -0.556. The second-order valence-corrected chi connectivity index (χ2v) is 6.75. The maximum absolute atomic E-state index is 12.1. The Morgan fingerprint density at radius 1 is 0.710 bits per heavy atom. The number of carbonyl (C=O) groups is 2. The molecule has 158 valence electrons. The third kappa shape index (κ3) is 6.24. The number of hydrazone groups is 2. The number of nitrogens with zero attached hydrogens (tertiary/aromatic N) is 2. The van der Waals surface area contributed by atoms with Crippen molar-refractivity contribution in [2.24, 2.45) is 10.2 Å². The summed E-state index contributed by atoms with van der Waals surface area (Å²) in [5.41, 5.74) is 8.92. The lowest BCUT2D eigenvalue weighted by Gasteiger charge is -1.99. The van der Waals surface area contributed by atoms with Gasteiger partial charge in [-0.1, -0.05) is 62.4 Å². The van der Waals surface area contributed by atoms with Gasteiger partial charge in [0, 0.05) is 0 Å². The van der Waals surface area contributed by atoms with Crippen molar-refractivity contribution in [3.8, 4) is 0 Å². The molecule has 0 unspecified atom stereocenters. The quantitative estimate of drug-likeness (QED) is 0.430. The van der Waals surface area contributed by atoms with Crippen LogP contribution in [0.15, 0.2) is 75.3 Å². The largest absolute Gasteiger partial charge is 0.446 e. The van der Waals surface area contributed by atoms with Crippen molar-refractivity contribution < 1.29 is 14.0 Å². The van der Waals surface area contributed by atoms with Gasteiger partial charge >= 0.3 is 11.8 Å². The van der Waals surface area contributed by atoms with Crippen molar-refractivity contribution in [1.82, 2.24) is 10.9 Å². The number of nitrogens with one attached hydrogen (secondary N) is 2. The number of furan rings is 1. The molecule has 2 amide bonds. The zero-order valence-electron chi connectivity index (χ0n) is 17.5. The molecule has 0 saturated carbocycles. The molecule has 31 heavy (non-hydrogen) atoms. The Hall–Kier alpha value is -4.00. The topological polar surface area (TPSA) is 96.1 Å². The zero-order chi connectivity index (χ0) is 22.1. The molecule has 0 atom stereocenters. The van der Waals surface area contributed by atoms with Crippen molar-refractivity contribution >= 4 is 24.2 Å². The number of hydrogen-bond donors (Lipinski definition) is 2. The predicted molar refractivity (Wildman–Crippen MR) is 120 cm³/mol. The van der Waals surface area contributed by atoms with Crippen LogP contribution in [0.4, 0.5) is 0 Å². The molecule has 3 rings (SSSR count). The summed E-state index contributed by atoms with van der Waals surface area (Å²) in [6, 6.07) is 18.5. The normalized spacial score (nSPS) is 11.2. The minimum Gasteiger partial charge on any atom is -0.446 e. The van der Waals surface area contributed by atoms with Gasteiger partial charge in [-0.3, -0.25) is 9.59 Å². The monoisotopic (exact) mass is 416 g/mol. The van der Waals surface area contributed by atoms with Crippen LogP contribution in [0.3, 0.4) is 0 Å². The van der Waals surface area contributed by atoms with Gasteiger partial charge in [0.25, 0.3) is 0 Å². The smallest absolute Gasteiger partial charge is 0.307 e. The second kappa shape index (κ2) is 10.7. The Morgan fingerprint density at radius 3 is 1.45 bits per heavy atom. The average molecular weight is 416 g/mol. The Morgan fingerprint density at radius 2 is 1.10 bits per heavy atom. The maximum Gasteiger partial charge on any atom is 0.307 e. The van der Waals surface area contributed by atoms with Gasteiger partial charge in [0.15, 0.2) is 11.5 Å². The Kier molecular flexibility index (Phi) is 7.48. The summed E-state index contributed by atoms with van der Waals surface area (Å²) in [6.07, 6.45) is 4.99. The molecule has 0 spiro atoms. The number of amides is 2. The van der Waals surface area contributed by atoms with Crippen LogP contribution in [0.2, 0.25) is 0 Å². The van der Waals surface area contributed by atoms with Gasteiger partial charge in [0.05, 0.1) is 12.4 Å². The Bertz CT molecular complexity index is 995. The van der Waals surface area contributed by atoms with Gasteiger partial charge in [-0.25, -0.2) is 10.9 Å². The second-order valence-electron chi connectivity index (χ2n) is 6.75. The lowest BCUT2D eigenvalue weighted by molar-refractivity contribution is 0.0902. The fraction of sp³-hybridized carbons (Fsp3) is 0.167. The van der Waals surface area contributed by atoms with Crippen LogP contribution in [0.1, 0.15) is 57.2 Å². The molecule has 7 nitrogen and oxygen atoms in total. The summed E-state index contributed by atoms with van der Waals surface area (Å²) >= 11 is 0. The summed E-state index contributed by atoms with van der Waals surface area (Å²) in [5, 5.41) is 7.83. The molecular formula is C24H24N4O3. The first-order valence-corrected chi connectivity index (χ1v) is 10.0. The summed E-state index contributed by atoms with van der Waals surface area (Å²) in [7, 11) is 0. The minimum absolute atomic E-state index is 0.0252. The van der Waals surface area contributed by atoms with E-state index in [0.717, 1.165) is 24.0 Å². The number of carbonyl (C=O) groups excluding carboxylic acids is 2. The van der Waals surface area contributed by atoms with Crippen LogP contribution >= 0.6 is 0 Å². The number of hydrogen-bond acceptors (Lipinski definition) is 5. The lowest BCUT2D eigenvalue weighted by atomic mass is 10.1. The van der Waals surface area contributed by atoms with Crippen LogP contribution in [0, 0.1) is 0 Å². The number of rotatable bonds is 8. The van der Waals surface area contributed by atoms with Gasteiger partial charge in [-0.05, 0) is 47.2 Å². The Balaban J connectivity index is 1.51. The fourth-order valence-corrected chi connectivity index (χ4v) is 2.70. The van der Waals surface area contributed by atoms with E-state index in [1.54, 1.807) is 0 Å². The van der Waals surface area contributed by atoms with E-state index in [-0.39, 0.29) is 11.5 Å². The van der Waals surface area contributed by atoms with Crippen molar-refractivity contribution in [3.05, 3.63) is 94.4 Å². The molecule has 2 N–H and O–H groups in total. The summed E-state index contributed by atoms with van der Waals surface area (Å²) in [6.45, 7) is 4.16. The summed E-state index contributed by atoms with van der Waals surface area (Å²) < 4.78 is 5.30. The average Bonchev–Trinajstić information content (AvgIpc) is 3.30. The first kappa shape index (κ1) is 21.7. The van der Waals surface area contributed by atoms with Gasteiger partial charge in [-0.15, -0.1) is 0 Å². The summed E-state index contributed by atoms with van der Waals surface area (Å²) in [5.74, 6) is -1.16. The zero-order valence-corrected chi connectivity index (χ0v) is 17.5. The Labute approximate surface area is 180 Å². The molecule has 0 aliphatic carbocycles. The molecule has 1 aromatic heterocycles. The molecule has 0 radical (unpaired) electrons. The van der Waals surface area contributed by atoms with Crippen LogP contribution in [-0.2, 0) is 12.8 Å². The molecule has 2 aromatic carbocycles. The van der Waals surface area contributed by atoms with Crippen molar-refractivity contribution in [3.63, 3.8) is 0 Å². The highest BCUT2D eigenvalue weighted by atomic mass is 16.4. The lowest BCUT2D eigenvalue weighted by Crippen LogP contribution is -2.18. The molecule has 1 heterocycles. The van der Waals surface area contributed by atoms with Crippen LogP contribution in [0.5, 0.6) is 0 Å². The van der Waals surface area contributed by atoms with Gasteiger partial charge in [0.2, 0.25) is 0 Å². The highest BCUT2D eigenvalue weighted by Gasteiger charge is 2.15. The van der Waals surface area contributed by atoms with Crippen molar-refractivity contribution in [1.29, 1.82) is 0 Å². The fourth-order valence-electron chi connectivity index (χ4n) is 2.70. The molecule has 3 aromatic rings. The third-order valence-corrected chi connectivity index (χ3v) is 4.59. The van der Waals surface area contributed by atoms with E-state index in [9.17, 15) is 9.59 Å². The van der Waals surface area contributed by atoms with Gasteiger partial charge in [-0.2, -0.15) is 10.2 Å². The molecule has 0 fully saturated rings. The van der Waals surface area contributed by atoms with E-state index < -0.39 is 11.8 Å². The summed E-state index contributed by atoms with van der Waals surface area (Å²) in [4.78, 5) is 24.3. The molecule has 0 aliphatic heterocycles. The maximum atomic E-state index is 12.1. The van der Waals surface area contributed by atoms with E-state index in [1.807, 2.05) is 48.5 Å². The van der Waals surface area contributed by atoms with Crippen LogP contribution in [-0.4, -0.2) is 24.2 Å².